The summed E-state index contributed by atoms with van der Waals surface area (Å²) in [6.07, 6.45) is 9.69. The monoisotopic (exact) mass is 278 g/mol. The smallest absolute Gasteiger partial charge is 0.138 e. The number of nitrogens with one attached hydrogen (secondary N) is 1. The summed E-state index contributed by atoms with van der Waals surface area (Å²) >= 11 is 0. The minimum Gasteiger partial charge on any atom is -0.317 e. The van der Waals surface area contributed by atoms with Gasteiger partial charge in [-0.2, -0.15) is 5.10 Å². The van der Waals surface area contributed by atoms with Crippen molar-refractivity contribution in [1.29, 1.82) is 0 Å². The van der Waals surface area contributed by atoms with E-state index in [0.29, 0.717) is 6.04 Å². The van der Waals surface area contributed by atoms with Crippen molar-refractivity contribution in [3.63, 3.8) is 0 Å². The fourth-order valence-electron chi connectivity index (χ4n) is 3.41. The van der Waals surface area contributed by atoms with E-state index in [-0.39, 0.29) is 0 Å². The molecule has 0 amide bonds. The number of aromatic nitrogens is 3. The van der Waals surface area contributed by atoms with Crippen molar-refractivity contribution >= 4 is 0 Å². The van der Waals surface area contributed by atoms with Crippen LogP contribution < -0.4 is 5.32 Å². The molecule has 1 aromatic heterocycles. The minimum absolute atomic E-state index is 0.408. The summed E-state index contributed by atoms with van der Waals surface area (Å²) in [4.78, 5) is 4.51. The van der Waals surface area contributed by atoms with Gasteiger partial charge < -0.3 is 5.32 Å². The largest absolute Gasteiger partial charge is 0.317 e. The molecule has 1 aliphatic rings. The molecule has 0 aliphatic heterocycles. The number of rotatable bonds is 6. The number of hydrogen-bond acceptors (Lipinski definition) is 3. The predicted octanol–water partition coefficient (Wildman–Crippen LogP) is 3.21. The van der Waals surface area contributed by atoms with Gasteiger partial charge in [-0.3, -0.25) is 0 Å². The Morgan fingerprint density at radius 3 is 2.70 bits per heavy atom. The Bertz CT molecular complexity index is 386. The average molecular weight is 278 g/mol. The molecular weight excluding hydrogens is 248 g/mol. The maximum absolute atomic E-state index is 4.51. The fraction of sp³-hybridized carbons (Fsp3) is 0.875. The van der Waals surface area contributed by atoms with E-state index in [9.17, 15) is 0 Å². The summed E-state index contributed by atoms with van der Waals surface area (Å²) < 4.78 is 2.09. The molecule has 2 rings (SSSR count). The summed E-state index contributed by atoms with van der Waals surface area (Å²) in [6, 6.07) is 0.408. The molecule has 0 spiro atoms. The maximum atomic E-state index is 4.51. The summed E-state index contributed by atoms with van der Waals surface area (Å²) in [6.45, 7) is 8.80. The molecule has 0 aromatic carbocycles. The Morgan fingerprint density at radius 1 is 1.25 bits per heavy atom. The SMILES string of the molecule is CCNCC1CCCCCC1Cc1ncnn1C(C)C. The lowest BCUT2D eigenvalue weighted by Gasteiger charge is -2.25. The van der Waals surface area contributed by atoms with Gasteiger partial charge in [0.1, 0.15) is 12.2 Å². The van der Waals surface area contributed by atoms with Gasteiger partial charge >= 0.3 is 0 Å². The van der Waals surface area contributed by atoms with E-state index in [1.165, 1.54) is 37.9 Å². The highest BCUT2D eigenvalue weighted by atomic mass is 15.3. The number of nitrogens with zero attached hydrogens (tertiary/aromatic N) is 3. The second kappa shape index (κ2) is 7.77. The summed E-state index contributed by atoms with van der Waals surface area (Å²) in [7, 11) is 0. The van der Waals surface area contributed by atoms with Crippen molar-refractivity contribution in [1.82, 2.24) is 20.1 Å². The molecule has 1 aromatic rings. The van der Waals surface area contributed by atoms with E-state index in [1.807, 2.05) is 0 Å². The Hall–Kier alpha value is -0.900. The van der Waals surface area contributed by atoms with Crippen molar-refractivity contribution in [2.24, 2.45) is 11.8 Å². The summed E-state index contributed by atoms with van der Waals surface area (Å²) in [5, 5.41) is 7.93. The molecule has 1 fully saturated rings. The lowest BCUT2D eigenvalue weighted by Crippen LogP contribution is -2.29. The van der Waals surface area contributed by atoms with E-state index in [2.05, 4.69) is 40.9 Å². The maximum Gasteiger partial charge on any atom is 0.138 e. The normalized spacial score (nSPS) is 24.0. The molecule has 4 heteroatoms. The first-order valence-corrected chi connectivity index (χ1v) is 8.31. The van der Waals surface area contributed by atoms with Gasteiger partial charge in [0, 0.05) is 12.5 Å². The van der Waals surface area contributed by atoms with Gasteiger partial charge in [0.2, 0.25) is 0 Å². The zero-order valence-corrected chi connectivity index (χ0v) is 13.3. The third kappa shape index (κ3) is 4.05. The van der Waals surface area contributed by atoms with Crippen molar-refractivity contribution in [3.05, 3.63) is 12.2 Å². The molecule has 1 aliphatic carbocycles. The summed E-state index contributed by atoms with van der Waals surface area (Å²) in [5.74, 6) is 2.74. The standard InChI is InChI=1S/C16H30N4/c1-4-17-11-15-9-7-5-6-8-14(15)10-16-18-12-19-20(16)13(2)3/h12-15,17H,4-11H2,1-3H3. The lowest BCUT2D eigenvalue weighted by atomic mass is 9.85. The van der Waals surface area contributed by atoms with E-state index >= 15 is 0 Å². The van der Waals surface area contributed by atoms with Crippen LogP contribution in [0, 0.1) is 11.8 Å². The van der Waals surface area contributed by atoms with Gasteiger partial charge in [-0.05, 0) is 51.6 Å². The first-order chi connectivity index (χ1) is 9.72. The van der Waals surface area contributed by atoms with Gasteiger partial charge in [-0.15, -0.1) is 0 Å². The second-order valence-electron chi connectivity index (χ2n) is 6.38. The third-order valence-electron chi connectivity index (χ3n) is 4.55. The van der Waals surface area contributed by atoms with E-state index in [1.54, 1.807) is 6.33 Å². The zero-order valence-electron chi connectivity index (χ0n) is 13.3. The number of hydrogen-bond donors (Lipinski definition) is 1. The average Bonchev–Trinajstić information content (AvgIpc) is 2.78. The summed E-state index contributed by atoms with van der Waals surface area (Å²) in [5.41, 5.74) is 0. The van der Waals surface area contributed by atoms with Crippen LogP contribution in [0.25, 0.3) is 0 Å². The lowest BCUT2D eigenvalue weighted by molar-refractivity contribution is 0.290. The van der Waals surface area contributed by atoms with Gasteiger partial charge in [-0.1, -0.05) is 26.2 Å². The molecule has 2 unspecified atom stereocenters. The van der Waals surface area contributed by atoms with Crippen LogP contribution in [0.2, 0.25) is 0 Å². The van der Waals surface area contributed by atoms with Gasteiger partial charge in [0.05, 0.1) is 0 Å². The molecule has 1 heterocycles. The van der Waals surface area contributed by atoms with E-state index < -0.39 is 0 Å². The van der Waals surface area contributed by atoms with Crippen molar-refractivity contribution in [2.75, 3.05) is 13.1 Å². The molecule has 0 bridgehead atoms. The predicted molar refractivity (Wildman–Crippen MR) is 82.7 cm³/mol. The molecule has 0 radical (unpaired) electrons. The molecule has 114 valence electrons. The second-order valence-corrected chi connectivity index (χ2v) is 6.38. The first-order valence-electron chi connectivity index (χ1n) is 8.31. The van der Waals surface area contributed by atoms with Gasteiger partial charge in [-0.25, -0.2) is 9.67 Å². The van der Waals surface area contributed by atoms with Gasteiger partial charge in [0.25, 0.3) is 0 Å². The van der Waals surface area contributed by atoms with Crippen LogP contribution in [0.5, 0.6) is 0 Å². The Labute approximate surface area is 123 Å². The molecule has 1 N–H and O–H groups in total. The van der Waals surface area contributed by atoms with Crippen molar-refractivity contribution in [3.8, 4) is 0 Å². The topological polar surface area (TPSA) is 42.7 Å². The van der Waals surface area contributed by atoms with Gasteiger partial charge in [0.15, 0.2) is 0 Å². The van der Waals surface area contributed by atoms with Crippen molar-refractivity contribution in [2.45, 2.75) is 65.3 Å². The fourth-order valence-corrected chi connectivity index (χ4v) is 3.41. The molecule has 1 saturated carbocycles. The molecule has 4 nitrogen and oxygen atoms in total. The van der Waals surface area contributed by atoms with E-state index in [4.69, 9.17) is 0 Å². The zero-order chi connectivity index (χ0) is 14.4. The first kappa shape index (κ1) is 15.5. The Kier molecular flexibility index (Phi) is 6.02. The van der Waals surface area contributed by atoms with Crippen LogP contribution in [0.4, 0.5) is 0 Å². The van der Waals surface area contributed by atoms with Crippen LogP contribution in [-0.4, -0.2) is 27.9 Å². The van der Waals surface area contributed by atoms with Crippen LogP contribution in [0.3, 0.4) is 0 Å². The minimum atomic E-state index is 0.408. The van der Waals surface area contributed by atoms with Crippen LogP contribution in [-0.2, 0) is 6.42 Å². The Balaban J connectivity index is 2.04. The quantitative estimate of drug-likeness (QED) is 0.813. The van der Waals surface area contributed by atoms with Crippen LogP contribution >= 0.6 is 0 Å². The molecular formula is C16H30N4. The van der Waals surface area contributed by atoms with Crippen LogP contribution in [0.15, 0.2) is 6.33 Å². The van der Waals surface area contributed by atoms with E-state index in [0.717, 1.165) is 31.3 Å². The highest BCUT2D eigenvalue weighted by Crippen LogP contribution is 2.31. The molecule has 20 heavy (non-hydrogen) atoms. The molecule has 2 atom stereocenters. The van der Waals surface area contributed by atoms with Crippen molar-refractivity contribution < 1.29 is 0 Å². The highest BCUT2D eigenvalue weighted by molar-refractivity contribution is 4.91. The molecule has 0 saturated heterocycles. The third-order valence-corrected chi connectivity index (χ3v) is 4.55. The van der Waals surface area contributed by atoms with Crippen LogP contribution in [0.1, 0.15) is 64.7 Å². The highest BCUT2D eigenvalue weighted by Gasteiger charge is 2.25. The Morgan fingerprint density at radius 2 is 2.00 bits per heavy atom.